The Morgan fingerprint density at radius 2 is 0.289 bits per heavy atom. The fourth-order valence-electron chi connectivity index (χ4n) is 13.3. The van der Waals surface area contributed by atoms with Gasteiger partial charge in [-0.05, 0) is 253 Å². The molecule has 0 aliphatic rings. The third-order valence-corrected chi connectivity index (χ3v) is 43.4. The fraction of sp³-hybridized carbons (Fsp3) is 0.0435. The van der Waals surface area contributed by atoms with E-state index in [2.05, 4.69) is 301 Å². The summed E-state index contributed by atoms with van der Waals surface area (Å²) in [4.78, 5) is 48.6. The van der Waals surface area contributed by atoms with Crippen LogP contribution in [0.25, 0.3) is 189 Å². The molecule has 22 heterocycles. The zero-order chi connectivity index (χ0) is 76.3. The number of thiophene rings is 22. The highest BCUT2D eigenvalue weighted by Gasteiger charge is 2.28. The second kappa shape index (κ2) is 33.7. The minimum Gasteiger partial charge on any atom is -0.144 e. The Bertz CT molecular complexity index is 6470. The third kappa shape index (κ3) is 15.8. The number of hydrogen-bond acceptors (Lipinski definition) is 22. The van der Waals surface area contributed by atoms with E-state index in [4.69, 9.17) is 0 Å². The van der Waals surface area contributed by atoms with Gasteiger partial charge in [0.05, 0.1) is 29.3 Å². The van der Waals surface area contributed by atoms with Crippen LogP contribution in [-0.2, 0) is 0 Å². The second-order valence-corrected chi connectivity index (χ2v) is 49.6. The maximum Gasteiger partial charge on any atom is 0.0542 e. The summed E-state index contributed by atoms with van der Waals surface area (Å²) >= 11 is 41.4. The molecule has 558 valence electrons. The summed E-state index contributed by atoms with van der Waals surface area (Å²) in [5.74, 6) is 0. The van der Waals surface area contributed by atoms with E-state index in [1.54, 1.807) is 0 Å². The van der Waals surface area contributed by atoms with Crippen LogP contribution in [0.15, 0.2) is 274 Å². The lowest BCUT2D eigenvalue weighted by Crippen LogP contribution is -1.75. The maximum atomic E-state index is 2.46. The molecule has 0 fully saturated rings. The van der Waals surface area contributed by atoms with Crippen LogP contribution in [-0.4, -0.2) is 0 Å². The van der Waals surface area contributed by atoms with E-state index >= 15 is 0 Å². The molecular formula is C92H58S22. The van der Waals surface area contributed by atoms with Crippen molar-refractivity contribution < 1.29 is 0 Å². The largest absolute Gasteiger partial charge is 0.144 e. The summed E-state index contributed by atoms with van der Waals surface area (Å²) in [6, 6.07) is 86.1. The fourth-order valence-corrected chi connectivity index (χ4v) is 35.6. The van der Waals surface area contributed by atoms with E-state index in [9.17, 15) is 0 Å². The number of rotatable bonds is 19. The number of hydrogen-bond donors (Lipinski definition) is 0. The molecule has 114 heavy (non-hydrogen) atoms. The van der Waals surface area contributed by atoms with Crippen molar-refractivity contribution in [2.75, 3.05) is 0 Å². The first kappa shape index (κ1) is 76.1. The molecule has 0 aliphatic heterocycles. The predicted molar refractivity (Wildman–Crippen MR) is 535 cm³/mol. The molecule has 0 unspecified atom stereocenters. The van der Waals surface area contributed by atoms with Crippen molar-refractivity contribution in [1.82, 2.24) is 0 Å². The highest BCUT2D eigenvalue weighted by Crippen LogP contribution is 2.59. The van der Waals surface area contributed by atoms with Crippen molar-refractivity contribution in [1.29, 1.82) is 0 Å². The van der Waals surface area contributed by atoms with Gasteiger partial charge in [-0.15, -0.1) is 249 Å². The first-order chi connectivity index (χ1) is 56.0. The van der Waals surface area contributed by atoms with E-state index in [0.717, 1.165) is 0 Å². The minimum absolute atomic E-state index is 1.32. The maximum absolute atomic E-state index is 2.46. The van der Waals surface area contributed by atoms with Gasteiger partial charge in [-0.25, -0.2) is 0 Å². The van der Waals surface area contributed by atoms with Crippen LogP contribution >= 0.6 is 249 Å². The molecule has 0 saturated carbocycles. The van der Waals surface area contributed by atoms with Gasteiger partial charge in [-0.1, -0.05) is 48.5 Å². The van der Waals surface area contributed by atoms with Crippen LogP contribution in [0, 0.1) is 27.7 Å². The zero-order valence-electron chi connectivity index (χ0n) is 60.5. The average Bonchev–Trinajstić information content (AvgIpc) is 1.62. The monoisotopic (exact) mass is 1870 g/mol. The van der Waals surface area contributed by atoms with Crippen LogP contribution in [0.5, 0.6) is 0 Å². The molecule has 22 aromatic heterocycles. The van der Waals surface area contributed by atoms with Crippen molar-refractivity contribution in [2.24, 2.45) is 0 Å². The summed E-state index contributed by atoms with van der Waals surface area (Å²) in [6.45, 7) is 8.79. The molecule has 0 nitrogen and oxygen atoms in total. The molecule has 0 spiro atoms. The Labute approximate surface area is 749 Å². The predicted octanol–water partition coefficient (Wildman–Crippen LogP) is 39.3. The van der Waals surface area contributed by atoms with Crippen molar-refractivity contribution in [3.8, 4) is 189 Å². The van der Waals surface area contributed by atoms with E-state index in [-0.39, 0.29) is 0 Å². The Morgan fingerprint density at radius 1 is 0.132 bits per heavy atom. The molecular weight excluding hydrogens is 1810 g/mol. The molecule has 0 radical (unpaired) electrons. The van der Waals surface area contributed by atoms with E-state index in [0.29, 0.717) is 0 Å². The summed E-state index contributed by atoms with van der Waals surface area (Å²) < 4.78 is 0. The van der Waals surface area contributed by atoms with Gasteiger partial charge in [-0.2, -0.15) is 0 Å². The lowest BCUT2D eigenvalue weighted by atomic mass is 10.1. The van der Waals surface area contributed by atoms with Crippen LogP contribution in [0.3, 0.4) is 0 Å². The van der Waals surface area contributed by atoms with Crippen molar-refractivity contribution in [3.63, 3.8) is 0 Å². The SMILES string of the molecule is Cc1ccc(-c2cc(-c3ccc(C)s3)c(-c3sc(-c4ccc(C)s4)cc3-c3ccc(C)s3)s2)s1.c1csc(-c2cc(-c3cccs3)c(-c3sc(-c4cccs4)cc3-c3cccs3)s2)c1.c1csc(-c2ccc(-c3cc(-c4ccc(-c5cccs5)s4)c(-c4sc(-c5ccc(-c6cccs6)s5)cc4-c4ccc(-c5cccs5)s4)s3)s2)c1. The van der Waals surface area contributed by atoms with Gasteiger partial charge in [-0.3, -0.25) is 0 Å². The van der Waals surface area contributed by atoms with E-state index in [1.165, 1.54) is 209 Å². The highest BCUT2D eigenvalue weighted by molar-refractivity contribution is 7.34. The van der Waals surface area contributed by atoms with Gasteiger partial charge >= 0.3 is 0 Å². The van der Waals surface area contributed by atoms with E-state index < -0.39 is 0 Å². The van der Waals surface area contributed by atoms with Crippen molar-refractivity contribution in [3.05, 3.63) is 293 Å². The molecule has 22 aromatic rings. The zero-order valence-corrected chi connectivity index (χ0v) is 78.5. The second-order valence-electron chi connectivity index (χ2n) is 26.2. The number of aryl methyl sites for hydroxylation is 4. The Kier molecular flexibility index (Phi) is 22.5. The molecule has 0 aromatic carbocycles. The van der Waals surface area contributed by atoms with Crippen molar-refractivity contribution in [2.45, 2.75) is 27.7 Å². The quantitative estimate of drug-likeness (QED) is 0.0757. The molecule has 22 heteroatoms. The Morgan fingerprint density at radius 3 is 0.509 bits per heavy atom. The smallest absolute Gasteiger partial charge is 0.0542 e. The van der Waals surface area contributed by atoms with Crippen LogP contribution in [0.1, 0.15) is 19.5 Å². The standard InChI is InChI=1S/C40H22S10.C28H22S6.C24H14S6/c1-5-27(41-17-1)31-11-9-25(45-31)23-21-37(35-15-13-33(47-35)29-7-3-19-43-29)49-39(23)40-24(26-10-12-32(46-26)28-6-2-18-42-28)22-38(50-40)36-16-14-34(48-36)30-8-4-20-44-30;1-15-5-9-21(29-15)19-13-25(23-11-7-17(3)31-23)33-27(19)28-20(22-10-6-16(2)30-22)14-26(34-28)24-12-8-18(4)32-24;1-5-17(25-9-1)15-13-21(19-7-3-11-27-19)29-23(15)24-16(18-6-2-10-26-18)14-22(30-24)20-8-4-12-28-20/h1-22H;5-14H,1-4H3;1-14H. The van der Waals surface area contributed by atoms with Crippen LogP contribution in [0.4, 0.5) is 0 Å². The molecule has 22 rings (SSSR count). The van der Waals surface area contributed by atoms with Gasteiger partial charge in [0, 0.05) is 180 Å². The molecule has 0 bridgehead atoms. The highest BCUT2D eigenvalue weighted by atomic mass is 32.2. The molecule has 0 N–H and O–H groups in total. The first-order valence-electron chi connectivity index (χ1n) is 35.9. The Hall–Kier alpha value is -6.60. The first-order valence-corrected chi connectivity index (χ1v) is 54.3. The lowest BCUT2D eigenvalue weighted by molar-refractivity contribution is 1.64. The third-order valence-electron chi connectivity index (χ3n) is 18.6. The van der Waals surface area contributed by atoms with Gasteiger partial charge in [0.1, 0.15) is 0 Å². The van der Waals surface area contributed by atoms with Crippen molar-refractivity contribution >= 4 is 249 Å². The van der Waals surface area contributed by atoms with Gasteiger partial charge in [0.15, 0.2) is 0 Å². The normalized spacial score (nSPS) is 11.5. The van der Waals surface area contributed by atoms with Gasteiger partial charge in [0.25, 0.3) is 0 Å². The summed E-state index contributed by atoms with van der Waals surface area (Å²) in [5.41, 5.74) is 8.12. The molecule has 0 atom stereocenters. The Balaban J connectivity index is 0.000000116. The summed E-state index contributed by atoms with van der Waals surface area (Å²) in [6.07, 6.45) is 0. The van der Waals surface area contributed by atoms with Crippen LogP contribution in [0.2, 0.25) is 0 Å². The summed E-state index contributed by atoms with van der Waals surface area (Å²) in [5, 5.41) is 17.3. The minimum atomic E-state index is 1.32. The van der Waals surface area contributed by atoms with Crippen LogP contribution < -0.4 is 0 Å². The molecule has 0 aliphatic carbocycles. The average molecular weight is 1870 g/mol. The lowest BCUT2D eigenvalue weighted by Gasteiger charge is -2.03. The van der Waals surface area contributed by atoms with E-state index in [1.807, 2.05) is 249 Å². The molecule has 0 amide bonds. The molecule has 0 saturated heterocycles. The van der Waals surface area contributed by atoms with Gasteiger partial charge in [0.2, 0.25) is 0 Å². The topological polar surface area (TPSA) is 0 Å². The van der Waals surface area contributed by atoms with Gasteiger partial charge < -0.3 is 0 Å². The summed E-state index contributed by atoms with van der Waals surface area (Å²) in [7, 11) is 0.